The van der Waals surface area contributed by atoms with Crippen molar-refractivity contribution in [2.45, 2.75) is 20.0 Å². The van der Waals surface area contributed by atoms with Crippen LogP contribution < -0.4 is 16.0 Å². The maximum Gasteiger partial charge on any atom is 0.421 e. The fraction of sp³-hybridized carbons (Fsp3) is 0.120. The molecule has 36 heavy (non-hydrogen) atoms. The summed E-state index contributed by atoms with van der Waals surface area (Å²) in [6, 6.07) is 10.4. The molecular formula is C25H22F3N7O. The van der Waals surface area contributed by atoms with Gasteiger partial charge in [0.25, 0.3) is 0 Å². The van der Waals surface area contributed by atoms with Gasteiger partial charge in [0.05, 0.1) is 23.4 Å². The molecule has 0 spiro atoms. The Hall–Kier alpha value is -4.67. The summed E-state index contributed by atoms with van der Waals surface area (Å²) < 4.78 is 41.3. The second kappa shape index (κ2) is 9.90. The number of benzene rings is 2. The molecule has 0 fully saturated rings. The Morgan fingerprint density at radius 3 is 2.53 bits per heavy atom. The summed E-state index contributed by atoms with van der Waals surface area (Å²) in [5, 5.41) is 8.29. The summed E-state index contributed by atoms with van der Waals surface area (Å²) in [6.45, 7) is 7.04. The van der Waals surface area contributed by atoms with Crippen LogP contribution in [-0.2, 0) is 11.0 Å². The third kappa shape index (κ3) is 5.52. The van der Waals surface area contributed by atoms with Crippen LogP contribution in [0.3, 0.4) is 0 Å². The van der Waals surface area contributed by atoms with Crippen LogP contribution in [0, 0.1) is 13.8 Å². The Morgan fingerprint density at radius 1 is 1.03 bits per heavy atom. The second-order valence-corrected chi connectivity index (χ2v) is 7.93. The van der Waals surface area contributed by atoms with Crippen LogP contribution in [0.25, 0.3) is 11.3 Å². The van der Waals surface area contributed by atoms with E-state index in [9.17, 15) is 18.0 Å². The number of imidazole rings is 1. The molecule has 4 aromatic rings. The molecule has 11 heteroatoms. The van der Waals surface area contributed by atoms with Gasteiger partial charge in [-0.25, -0.2) is 9.97 Å². The number of aryl methyl sites for hydroxylation is 2. The Labute approximate surface area is 204 Å². The number of nitrogens with one attached hydrogen (secondary N) is 4. The van der Waals surface area contributed by atoms with Gasteiger partial charge in [-0.3, -0.25) is 4.79 Å². The number of amides is 1. The van der Waals surface area contributed by atoms with Gasteiger partial charge in [0.15, 0.2) is 0 Å². The molecule has 2 heterocycles. The molecule has 0 aliphatic heterocycles. The van der Waals surface area contributed by atoms with Gasteiger partial charge in [-0.2, -0.15) is 18.2 Å². The highest BCUT2D eigenvalue weighted by Crippen LogP contribution is 2.37. The van der Waals surface area contributed by atoms with E-state index in [4.69, 9.17) is 0 Å². The molecule has 184 valence electrons. The zero-order valence-corrected chi connectivity index (χ0v) is 19.4. The molecule has 4 rings (SSSR count). The Bertz CT molecular complexity index is 1420. The van der Waals surface area contributed by atoms with E-state index in [1.165, 1.54) is 0 Å². The average molecular weight is 493 g/mol. The summed E-state index contributed by atoms with van der Waals surface area (Å²) in [6.07, 6.45) is 0.345. The molecule has 0 atom stereocenters. The van der Waals surface area contributed by atoms with Gasteiger partial charge in [-0.15, -0.1) is 0 Å². The number of hydrogen-bond donors (Lipinski definition) is 4. The number of halogens is 3. The monoisotopic (exact) mass is 493 g/mol. The molecule has 0 bridgehead atoms. The van der Waals surface area contributed by atoms with Crippen LogP contribution in [0.1, 0.15) is 16.7 Å². The fourth-order valence-corrected chi connectivity index (χ4v) is 3.38. The van der Waals surface area contributed by atoms with Crippen molar-refractivity contribution in [3.05, 3.63) is 84.5 Å². The zero-order valence-electron chi connectivity index (χ0n) is 19.4. The average Bonchev–Trinajstić information content (AvgIpc) is 3.36. The molecular weight excluding hydrogens is 471 g/mol. The molecule has 0 unspecified atom stereocenters. The van der Waals surface area contributed by atoms with Crippen LogP contribution in [0.4, 0.5) is 42.0 Å². The molecule has 0 saturated carbocycles. The molecule has 0 saturated heterocycles. The molecule has 0 aliphatic rings. The predicted molar refractivity (Wildman–Crippen MR) is 132 cm³/mol. The number of nitrogens with zero attached hydrogens (tertiary/aromatic N) is 3. The topological polar surface area (TPSA) is 108 Å². The minimum absolute atomic E-state index is 0.0448. The number of rotatable bonds is 7. The van der Waals surface area contributed by atoms with Gasteiger partial charge in [-0.1, -0.05) is 24.8 Å². The summed E-state index contributed by atoms with van der Waals surface area (Å²) in [5.74, 6) is -1.02. The third-order valence-corrected chi connectivity index (χ3v) is 5.24. The molecule has 2 aromatic heterocycles. The second-order valence-electron chi connectivity index (χ2n) is 7.93. The van der Waals surface area contributed by atoms with E-state index in [0.29, 0.717) is 17.6 Å². The van der Waals surface area contributed by atoms with Crippen LogP contribution in [0.5, 0.6) is 0 Å². The zero-order chi connectivity index (χ0) is 25.9. The van der Waals surface area contributed by atoms with Crippen molar-refractivity contribution in [1.29, 1.82) is 0 Å². The van der Waals surface area contributed by atoms with E-state index in [0.717, 1.165) is 22.8 Å². The van der Waals surface area contributed by atoms with Crippen LogP contribution in [-0.4, -0.2) is 25.8 Å². The highest BCUT2D eigenvalue weighted by molar-refractivity contribution is 6.01. The largest absolute Gasteiger partial charge is 0.421 e. The maximum absolute atomic E-state index is 13.8. The molecule has 2 aromatic carbocycles. The normalized spacial score (nSPS) is 11.1. The minimum atomic E-state index is -4.72. The van der Waals surface area contributed by atoms with E-state index in [1.807, 2.05) is 25.1 Å². The lowest BCUT2D eigenvalue weighted by atomic mass is 10.1. The first-order valence-electron chi connectivity index (χ1n) is 10.8. The number of carbonyl (C=O) groups excluding carboxylic acids is 1. The van der Waals surface area contributed by atoms with E-state index in [2.05, 4.69) is 42.5 Å². The van der Waals surface area contributed by atoms with Crippen molar-refractivity contribution >= 4 is 34.7 Å². The van der Waals surface area contributed by atoms with Crippen molar-refractivity contribution in [3.8, 4) is 11.3 Å². The maximum atomic E-state index is 13.8. The van der Waals surface area contributed by atoms with Gasteiger partial charge < -0.3 is 20.9 Å². The first-order chi connectivity index (χ1) is 17.1. The van der Waals surface area contributed by atoms with Crippen molar-refractivity contribution in [1.82, 2.24) is 19.9 Å². The van der Waals surface area contributed by atoms with Crippen LogP contribution in [0.2, 0.25) is 0 Å². The standard InChI is InChI=1S/C25H22F3N7O/c1-4-22(36)32-20-9-14(2)5-8-18(20)33-23-17(25(26,27)28)11-30-24(35-23)34-19-10-16(7-6-15(19)3)21-12-29-13-31-21/h4-13H,1H2,2-3H3,(H,29,31)(H,32,36)(H2,30,33,34,35). The number of aromatic nitrogens is 4. The van der Waals surface area contributed by atoms with E-state index >= 15 is 0 Å². The molecule has 0 aliphatic carbocycles. The highest BCUT2D eigenvalue weighted by atomic mass is 19.4. The van der Waals surface area contributed by atoms with E-state index < -0.39 is 23.5 Å². The van der Waals surface area contributed by atoms with Crippen molar-refractivity contribution < 1.29 is 18.0 Å². The number of anilines is 5. The first kappa shape index (κ1) is 24.5. The van der Waals surface area contributed by atoms with Crippen molar-refractivity contribution in [3.63, 3.8) is 0 Å². The molecule has 1 amide bonds. The van der Waals surface area contributed by atoms with Crippen LogP contribution >= 0.6 is 0 Å². The number of H-pyrrole nitrogens is 1. The third-order valence-electron chi connectivity index (χ3n) is 5.24. The summed E-state index contributed by atoms with van der Waals surface area (Å²) >= 11 is 0. The summed E-state index contributed by atoms with van der Waals surface area (Å²) in [5.41, 5.74) is 3.20. The van der Waals surface area contributed by atoms with Gasteiger partial charge in [0.2, 0.25) is 11.9 Å². The first-order valence-corrected chi connectivity index (χ1v) is 10.8. The van der Waals surface area contributed by atoms with E-state index in [-0.39, 0.29) is 17.3 Å². The number of aromatic amines is 1. The van der Waals surface area contributed by atoms with Gasteiger partial charge in [0, 0.05) is 23.6 Å². The van der Waals surface area contributed by atoms with E-state index in [1.54, 1.807) is 37.6 Å². The predicted octanol–water partition coefficient (Wildman–Crippen LogP) is 6.11. The number of carbonyl (C=O) groups is 1. The minimum Gasteiger partial charge on any atom is -0.351 e. The quantitative estimate of drug-likeness (QED) is 0.231. The summed E-state index contributed by atoms with van der Waals surface area (Å²) in [4.78, 5) is 27.0. The summed E-state index contributed by atoms with van der Waals surface area (Å²) in [7, 11) is 0. The number of hydrogen-bond acceptors (Lipinski definition) is 6. The Morgan fingerprint density at radius 2 is 1.83 bits per heavy atom. The van der Waals surface area contributed by atoms with Crippen molar-refractivity contribution in [2.75, 3.05) is 16.0 Å². The highest BCUT2D eigenvalue weighted by Gasteiger charge is 2.35. The van der Waals surface area contributed by atoms with Crippen LogP contribution in [0.15, 0.2) is 67.8 Å². The fourth-order valence-electron chi connectivity index (χ4n) is 3.38. The lowest BCUT2D eigenvalue weighted by Gasteiger charge is -2.18. The SMILES string of the molecule is C=CC(=O)Nc1cc(C)ccc1Nc1nc(Nc2cc(-c3c[nH]cn3)ccc2C)ncc1C(F)(F)F. The molecule has 8 nitrogen and oxygen atoms in total. The van der Waals surface area contributed by atoms with Gasteiger partial charge in [0.1, 0.15) is 11.4 Å². The number of alkyl halides is 3. The Balaban J connectivity index is 1.71. The molecule has 0 radical (unpaired) electrons. The van der Waals surface area contributed by atoms with Crippen molar-refractivity contribution in [2.24, 2.45) is 0 Å². The molecule has 4 N–H and O–H groups in total. The lowest BCUT2D eigenvalue weighted by Crippen LogP contribution is -2.14. The van der Waals surface area contributed by atoms with Gasteiger partial charge >= 0.3 is 6.18 Å². The Kier molecular flexibility index (Phi) is 6.73. The van der Waals surface area contributed by atoms with Gasteiger partial charge in [-0.05, 0) is 49.2 Å². The lowest BCUT2D eigenvalue weighted by molar-refractivity contribution is -0.137. The smallest absolute Gasteiger partial charge is 0.351 e.